The molecule has 0 aromatic heterocycles. The van der Waals surface area contributed by atoms with Crippen LogP contribution in [-0.4, -0.2) is 31.1 Å². The molecule has 0 aliphatic carbocycles. The number of aliphatic hydroxyl groups is 1. The van der Waals surface area contributed by atoms with Crippen LogP contribution in [0, 0.1) is 0 Å². The predicted octanol–water partition coefficient (Wildman–Crippen LogP) is 1.74. The van der Waals surface area contributed by atoms with Crippen molar-refractivity contribution in [1.29, 1.82) is 0 Å². The summed E-state index contributed by atoms with van der Waals surface area (Å²) in [6, 6.07) is 6.88. The van der Waals surface area contributed by atoms with Crippen molar-refractivity contribution in [3.05, 3.63) is 35.4 Å². The normalized spacial score (nSPS) is 13.4. The quantitative estimate of drug-likeness (QED) is 0.768. The molecule has 4 nitrogen and oxygen atoms in total. The molecule has 0 aliphatic heterocycles. The maximum Gasteiger partial charge on any atom is 0.216 e. The molecule has 0 spiro atoms. The minimum atomic E-state index is -3.31. The van der Waals surface area contributed by atoms with Crippen molar-refractivity contribution < 1.29 is 13.5 Å². The van der Waals surface area contributed by atoms with E-state index in [9.17, 15) is 8.42 Å². The van der Waals surface area contributed by atoms with Crippen LogP contribution in [0.25, 0.3) is 0 Å². The topological polar surface area (TPSA) is 66.4 Å². The third-order valence-electron chi connectivity index (χ3n) is 2.51. The molecule has 1 atom stereocenters. The molecular formula is C13H21NO3S2. The van der Waals surface area contributed by atoms with Crippen molar-refractivity contribution in [2.75, 3.05) is 11.5 Å². The minimum absolute atomic E-state index is 0.0279. The molecule has 2 N–H and O–H groups in total. The summed E-state index contributed by atoms with van der Waals surface area (Å²) in [5.74, 6) is 1.73. The second-order valence-electron chi connectivity index (χ2n) is 4.41. The summed E-state index contributed by atoms with van der Waals surface area (Å²) in [5.41, 5.74) is 1.50. The van der Waals surface area contributed by atoms with Crippen LogP contribution in [0.2, 0.25) is 0 Å². The monoisotopic (exact) mass is 303 g/mol. The Kier molecular flexibility index (Phi) is 6.85. The number of thioether (sulfide) groups is 1. The first-order valence-corrected chi connectivity index (χ1v) is 9.04. The van der Waals surface area contributed by atoms with E-state index in [2.05, 4.69) is 11.6 Å². The van der Waals surface area contributed by atoms with Crippen molar-refractivity contribution in [2.24, 2.45) is 0 Å². The molecule has 1 aromatic rings. The molecule has 0 amide bonds. The molecule has 19 heavy (non-hydrogen) atoms. The van der Waals surface area contributed by atoms with Gasteiger partial charge >= 0.3 is 0 Å². The van der Waals surface area contributed by atoms with E-state index < -0.39 is 10.0 Å². The molecule has 0 heterocycles. The van der Waals surface area contributed by atoms with E-state index in [-0.39, 0.29) is 18.4 Å². The summed E-state index contributed by atoms with van der Waals surface area (Å²) in [6.45, 7) is 3.89. The number of hydrogen-bond donors (Lipinski definition) is 2. The first kappa shape index (κ1) is 16.5. The number of aliphatic hydroxyl groups excluding tert-OH is 1. The molecule has 1 rings (SSSR count). The highest BCUT2D eigenvalue weighted by molar-refractivity contribution is 7.99. The smallest absolute Gasteiger partial charge is 0.216 e. The van der Waals surface area contributed by atoms with Gasteiger partial charge in [-0.1, -0.05) is 31.2 Å². The van der Waals surface area contributed by atoms with Crippen molar-refractivity contribution in [3.63, 3.8) is 0 Å². The largest absolute Gasteiger partial charge is 0.392 e. The zero-order valence-electron chi connectivity index (χ0n) is 11.3. The highest BCUT2D eigenvalue weighted by Crippen LogP contribution is 2.09. The SMILES string of the molecule is CCSCC(C)NS(=O)(=O)Cc1ccc(CO)cc1. The minimum Gasteiger partial charge on any atom is -0.392 e. The van der Waals surface area contributed by atoms with Gasteiger partial charge in [-0.05, 0) is 23.8 Å². The summed E-state index contributed by atoms with van der Waals surface area (Å²) in [5, 5.41) is 8.93. The Morgan fingerprint density at radius 3 is 2.37 bits per heavy atom. The fourth-order valence-electron chi connectivity index (χ4n) is 1.64. The molecule has 0 fully saturated rings. The maximum absolute atomic E-state index is 12.0. The highest BCUT2D eigenvalue weighted by Gasteiger charge is 2.15. The van der Waals surface area contributed by atoms with Crippen LogP contribution in [-0.2, 0) is 22.4 Å². The highest BCUT2D eigenvalue weighted by atomic mass is 32.2. The summed E-state index contributed by atoms with van der Waals surface area (Å²) in [6.07, 6.45) is 0. The van der Waals surface area contributed by atoms with Gasteiger partial charge in [-0.3, -0.25) is 0 Å². The van der Waals surface area contributed by atoms with Gasteiger partial charge in [0.1, 0.15) is 0 Å². The summed E-state index contributed by atoms with van der Waals surface area (Å²) >= 11 is 1.71. The van der Waals surface area contributed by atoms with Crippen LogP contribution in [0.5, 0.6) is 0 Å². The number of hydrogen-bond acceptors (Lipinski definition) is 4. The second-order valence-corrected chi connectivity index (χ2v) is 7.48. The van der Waals surface area contributed by atoms with E-state index in [4.69, 9.17) is 5.11 Å². The standard InChI is InChI=1S/C13H21NO3S2/c1-3-18-9-11(2)14-19(16,17)10-13-6-4-12(8-15)5-7-13/h4-7,11,14-15H,3,8-10H2,1-2H3. The third-order valence-corrected chi connectivity index (χ3v) is 5.13. The Morgan fingerprint density at radius 1 is 1.26 bits per heavy atom. The summed E-state index contributed by atoms with van der Waals surface area (Å²) in [4.78, 5) is 0. The zero-order valence-corrected chi connectivity index (χ0v) is 12.9. The van der Waals surface area contributed by atoms with Gasteiger partial charge in [-0.2, -0.15) is 11.8 Å². The van der Waals surface area contributed by atoms with Gasteiger partial charge in [0, 0.05) is 11.8 Å². The molecule has 0 bridgehead atoms. The number of sulfonamides is 1. The molecule has 0 aliphatic rings. The number of nitrogens with one attached hydrogen (secondary N) is 1. The van der Waals surface area contributed by atoms with E-state index in [0.29, 0.717) is 0 Å². The summed E-state index contributed by atoms with van der Waals surface area (Å²) in [7, 11) is -3.31. The van der Waals surface area contributed by atoms with Crippen LogP contribution in [0.4, 0.5) is 0 Å². The van der Waals surface area contributed by atoms with Crippen molar-refractivity contribution in [1.82, 2.24) is 4.72 Å². The lowest BCUT2D eigenvalue weighted by Gasteiger charge is -2.13. The predicted molar refractivity (Wildman–Crippen MR) is 80.6 cm³/mol. The van der Waals surface area contributed by atoms with Gasteiger partial charge in [0.25, 0.3) is 0 Å². The molecule has 6 heteroatoms. The third kappa shape index (κ3) is 6.42. The van der Waals surface area contributed by atoms with Crippen LogP contribution in [0.3, 0.4) is 0 Å². The lowest BCUT2D eigenvalue weighted by atomic mass is 10.2. The van der Waals surface area contributed by atoms with E-state index in [1.807, 2.05) is 6.92 Å². The van der Waals surface area contributed by atoms with E-state index in [0.717, 1.165) is 22.6 Å². The van der Waals surface area contributed by atoms with Crippen LogP contribution in [0.1, 0.15) is 25.0 Å². The number of benzene rings is 1. The van der Waals surface area contributed by atoms with Crippen LogP contribution in [0.15, 0.2) is 24.3 Å². The lowest BCUT2D eigenvalue weighted by Crippen LogP contribution is -2.35. The number of rotatable bonds is 8. The van der Waals surface area contributed by atoms with Gasteiger partial charge in [0.15, 0.2) is 0 Å². The molecule has 108 valence electrons. The molecule has 0 saturated carbocycles. The van der Waals surface area contributed by atoms with Crippen LogP contribution >= 0.6 is 11.8 Å². The zero-order chi connectivity index (χ0) is 14.3. The maximum atomic E-state index is 12.0. The second kappa shape index (κ2) is 7.89. The van der Waals surface area contributed by atoms with E-state index in [1.54, 1.807) is 36.0 Å². The van der Waals surface area contributed by atoms with Gasteiger partial charge in [0.2, 0.25) is 10.0 Å². The van der Waals surface area contributed by atoms with Gasteiger partial charge in [-0.15, -0.1) is 0 Å². The Bertz CT molecular complexity index is 471. The Hall–Kier alpha value is -0.560. The van der Waals surface area contributed by atoms with E-state index in [1.165, 1.54) is 0 Å². The fourth-order valence-corrected chi connectivity index (χ4v) is 3.83. The first-order chi connectivity index (χ1) is 8.96. The molecule has 0 saturated heterocycles. The Labute approximate surface area is 119 Å². The molecular weight excluding hydrogens is 282 g/mol. The van der Waals surface area contributed by atoms with Crippen LogP contribution < -0.4 is 4.72 Å². The van der Waals surface area contributed by atoms with Gasteiger partial charge in [0.05, 0.1) is 12.4 Å². The Morgan fingerprint density at radius 2 is 1.84 bits per heavy atom. The summed E-state index contributed by atoms with van der Waals surface area (Å²) < 4.78 is 26.6. The van der Waals surface area contributed by atoms with Crippen molar-refractivity contribution >= 4 is 21.8 Å². The van der Waals surface area contributed by atoms with E-state index >= 15 is 0 Å². The van der Waals surface area contributed by atoms with Crippen molar-refractivity contribution in [2.45, 2.75) is 32.2 Å². The van der Waals surface area contributed by atoms with Gasteiger partial charge < -0.3 is 5.11 Å². The molecule has 1 unspecified atom stereocenters. The lowest BCUT2D eigenvalue weighted by molar-refractivity contribution is 0.282. The average molecular weight is 303 g/mol. The molecule has 1 aromatic carbocycles. The Balaban J connectivity index is 2.58. The fraction of sp³-hybridized carbons (Fsp3) is 0.538. The van der Waals surface area contributed by atoms with Gasteiger partial charge in [-0.25, -0.2) is 13.1 Å². The molecule has 0 radical (unpaired) electrons. The van der Waals surface area contributed by atoms with Crippen molar-refractivity contribution in [3.8, 4) is 0 Å². The first-order valence-electron chi connectivity index (χ1n) is 6.23. The average Bonchev–Trinajstić information content (AvgIpc) is 2.36.